The third-order valence-corrected chi connectivity index (χ3v) is 6.90. The molecule has 0 radical (unpaired) electrons. The normalized spacial score (nSPS) is 15.2. The largest absolute Gasteiger partial charge is 0.359 e. The van der Waals surface area contributed by atoms with Crippen molar-refractivity contribution in [2.24, 2.45) is 0 Å². The maximum absolute atomic E-state index is 15.2. The summed E-state index contributed by atoms with van der Waals surface area (Å²) in [7, 11) is 0. The first-order valence-corrected chi connectivity index (χ1v) is 12.7. The molecular weight excluding hydrogens is 515 g/mol. The Morgan fingerprint density at radius 2 is 2.17 bits per heavy atom. The van der Waals surface area contributed by atoms with E-state index in [-0.39, 0.29) is 35.5 Å². The van der Waals surface area contributed by atoms with E-state index >= 15 is 4.39 Å². The van der Waals surface area contributed by atoms with E-state index < -0.39 is 17.1 Å². The molecule has 0 aliphatic carbocycles. The maximum Gasteiger partial charge on any atom is 0.273 e. The number of fused-ring (bicyclic) bond motifs is 1. The summed E-state index contributed by atoms with van der Waals surface area (Å²) in [4.78, 5) is 30.7. The summed E-state index contributed by atoms with van der Waals surface area (Å²) in [6, 6.07) is 10.1. The molecule has 4 heterocycles. The third-order valence-electron chi connectivity index (χ3n) is 6.90. The molecule has 1 atom stereocenters. The molecule has 4 aromatic rings. The van der Waals surface area contributed by atoms with Gasteiger partial charge in [-0.2, -0.15) is 10.4 Å². The Hall–Kier alpha value is -5.05. The maximum atomic E-state index is 15.2. The van der Waals surface area contributed by atoms with E-state index in [1.807, 2.05) is 0 Å². The molecule has 0 bridgehead atoms. The highest BCUT2D eigenvalue weighted by atomic mass is 19.1. The standard InChI is InChI=1S/C28H27FN8O3/c1-4-23(38)33-18-8-10-37(14-18)26-24-19(7-9-31-25(24)34-35-26)16-5-6-17(20(29)11-16)13-32-27(39)21-12-22(40-36-21)28(2,3)15-30/h4-7,9,11-12,18H,1,8,10,13-14H2,2-3H3,(H,32,39)(H,33,38)(H,31,34,35)/t18-/m1/s1. The molecule has 12 heteroatoms. The van der Waals surface area contributed by atoms with Gasteiger partial charge in [0.15, 0.2) is 22.9 Å². The molecule has 204 valence electrons. The zero-order chi connectivity index (χ0) is 28.4. The molecule has 1 saturated heterocycles. The summed E-state index contributed by atoms with van der Waals surface area (Å²) >= 11 is 0. The number of anilines is 1. The van der Waals surface area contributed by atoms with Gasteiger partial charge < -0.3 is 20.1 Å². The van der Waals surface area contributed by atoms with Gasteiger partial charge in [-0.1, -0.05) is 23.9 Å². The number of carbonyl (C=O) groups is 2. The van der Waals surface area contributed by atoms with Crippen molar-refractivity contribution in [3.63, 3.8) is 0 Å². The number of rotatable bonds is 8. The molecule has 5 rings (SSSR count). The van der Waals surface area contributed by atoms with Crippen LogP contribution < -0.4 is 15.5 Å². The Bertz CT molecular complexity index is 1650. The fraction of sp³-hybridized carbons (Fsp3) is 0.286. The molecule has 1 aromatic carbocycles. The molecule has 3 aromatic heterocycles. The lowest BCUT2D eigenvalue weighted by molar-refractivity contribution is -0.117. The Morgan fingerprint density at radius 3 is 2.92 bits per heavy atom. The molecule has 2 amide bonds. The number of nitriles is 1. The number of benzene rings is 1. The van der Waals surface area contributed by atoms with Crippen molar-refractivity contribution in [3.8, 4) is 17.2 Å². The summed E-state index contributed by atoms with van der Waals surface area (Å²) in [5, 5.41) is 26.7. The molecular formula is C28H27FN8O3. The molecule has 1 aliphatic rings. The van der Waals surface area contributed by atoms with Crippen molar-refractivity contribution in [1.29, 1.82) is 5.26 Å². The number of hydrogen-bond acceptors (Lipinski definition) is 8. The number of pyridine rings is 1. The second kappa shape index (κ2) is 10.6. The third kappa shape index (κ3) is 5.13. The van der Waals surface area contributed by atoms with Crippen molar-refractivity contribution in [2.75, 3.05) is 18.0 Å². The minimum Gasteiger partial charge on any atom is -0.359 e. The second-order valence-corrected chi connectivity index (χ2v) is 10.1. The summed E-state index contributed by atoms with van der Waals surface area (Å²) in [6.07, 6.45) is 3.63. The van der Waals surface area contributed by atoms with Crippen molar-refractivity contribution < 1.29 is 18.5 Å². The Balaban J connectivity index is 1.33. The predicted octanol–water partition coefficient (Wildman–Crippen LogP) is 3.36. The van der Waals surface area contributed by atoms with Crippen LogP contribution >= 0.6 is 0 Å². The van der Waals surface area contributed by atoms with Crippen molar-refractivity contribution in [2.45, 2.75) is 38.3 Å². The van der Waals surface area contributed by atoms with Gasteiger partial charge in [0.05, 0.1) is 11.5 Å². The molecule has 40 heavy (non-hydrogen) atoms. The van der Waals surface area contributed by atoms with Crippen LogP contribution in [0.3, 0.4) is 0 Å². The van der Waals surface area contributed by atoms with Crippen LogP contribution in [0.5, 0.6) is 0 Å². The van der Waals surface area contributed by atoms with Gasteiger partial charge in [0, 0.05) is 43.5 Å². The smallest absolute Gasteiger partial charge is 0.273 e. The molecule has 0 saturated carbocycles. The fourth-order valence-corrected chi connectivity index (χ4v) is 4.59. The van der Waals surface area contributed by atoms with Crippen LogP contribution in [0.1, 0.15) is 42.1 Å². The van der Waals surface area contributed by atoms with Gasteiger partial charge >= 0.3 is 0 Å². The van der Waals surface area contributed by atoms with Crippen molar-refractivity contribution >= 4 is 28.7 Å². The van der Waals surface area contributed by atoms with Crippen LogP contribution in [0, 0.1) is 17.1 Å². The average molecular weight is 543 g/mol. The van der Waals surface area contributed by atoms with Gasteiger partial charge in [0.25, 0.3) is 5.91 Å². The summed E-state index contributed by atoms with van der Waals surface area (Å²) in [6.45, 7) is 7.99. The van der Waals surface area contributed by atoms with Crippen LogP contribution in [0.25, 0.3) is 22.2 Å². The number of halogens is 1. The molecule has 1 fully saturated rings. The Labute approximate surface area is 229 Å². The molecule has 1 aliphatic heterocycles. The number of amides is 2. The first-order chi connectivity index (χ1) is 19.2. The first kappa shape index (κ1) is 26.6. The lowest BCUT2D eigenvalue weighted by atomic mass is 9.92. The SMILES string of the molecule is C=CC(=O)N[C@@H]1CCN(c2n[nH]c3nccc(-c4ccc(CNC(=O)c5cc(C(C)(C)C#N)on5)c(F)c4)c23)C1. The Kier molecular flexibility index (Phi) is 7.04. The van der Waals surface area contributed by atoms with Gasteiger partial charge in [-0.25, -0.2) is 9.37 Å². The number of aromatic amines is 1. The first-order valence-electron chi connectivity index (χ1n) is 12.7. The van der Waals surface area contributed by atoms with Crippen molar-refractivity contribution in [3.05, 3.63) is 72.0 Å². The van der Waals surface area contributed by atoms with Gasteiger partial charge in [-0.05, 0) is 49.6 Å². The lowest BCUT2D eigenvalue weighted by Crippen LogP contribution is -2.36. The number of H-pyrrole nitrogens is 1. The predicted molar refractivity (Wildman–Crippen MR) is 145 cm³/mol. The highest BCUT2D eigenvalue weighted by Crippen LogP contribution is 2.35. The summed E-state index contributed by atoms with van der Waals surface area (Å²) in [5.74, 6) is -0.311. The van der Waals surface area contributed by atoms with Crippen molar-refractivity contribution in [1.82, 2.24) is 31.0 Å². The van der Waals surface area contributed by atoms with Crippen LogP contribution in [0.2, 0.25) is 0 Å². The van der Waals surface area contributed by atoms with Crippen LogP contribution in [0.15, 0.2) is 53.7 Å². The highest BCUT2D eigenvalue weighted by Gasteiger charge is 2.28. The molecule has 3 N–H and O–H groups in total. The minimum absolute atomic E-state index is 0.00947. The zero-order valence-electron chi connectivity index (χ0n) is 22.0. The number of nitrogens with zero attached hydrogens (tertiary/aromatic N) is 5. The minimum atomic E-state index is -0.932. The van der Waals surface area contributed by atoms with E-state index in [4.69, 9.17) is 4.52 Å². The number of aromatic nitrogens is 4. The van der Waals surface area contributed by atoms with Gasteiger partial charge in [-0.3, -0.25) is 14.7 Å². The second-order valence-electron chi connectivity index (χ2n) is 10.1. The number of carbonyl (C=O) groups excluding carboxylic acids is 2. The summed E-state index contributed by atoms with van der Waals surface area (Å²) in [5.41, 5.74) is 1.30. The molecule has 0 unspecified atom stereocenters. The van der Waals surface area contributed by atoms with Gasteiger partial charge in [0.1, 0.15) is 11.2 Å². The van der Waals surface area contributed by atoms with E-state index in [1.54, 1.807) is 38.2 Å². The van der Waals surface area contributed by atoms with E-state index in [1.165, 1.54) is 18.2 Å². The Morgan fingerprint density at radius 1 is 1.35 bits per heavy atom. The zero-order valence-corrected chi connectivity index (χ0v) is 22.0. The number of nitrogens with one attached hydrogen (secondary N) is 3. The lowest BCUT2D eigenvalue weighted by Gasteiger charge is -2.17. The van der Waals surface area contributed by atoms with E-state index in [0.29, 0.717) is 30.1 Å². The van der Waals surface area contributed by atoms with E-state index in [0.717, 1.165) is 17.4 Å². The quantitative estimate of drug-likeness (QED) is 0.287. The molecule has 11 nitrogen and oxygen atoms in total. The fourth-order valence-electron chi connectivity index (χ4n) is 4.59. The molecule has 0 spiro atoms. The van der Waals surface area contributed by atoms with Gasteiger partial charge in [-0.15, -0.1) is 0 Å². The summed E-state index contributed by atoms with van der Waals surface area (Å²) < 4.78 is 20.3. The van der Waals surface area contributed by atoms with Crippen LogP contribution in [-0.2, 0) is 16.8 Å². The van der Waals surface area contributed by atoms with E-state index in [2.05, 4.69) is 48.5 Å². The highest BCUT2D eigenvalue weighted by molar-refractivity contribution is 6.01. The topological polar surface area (TPSA) is 153 Å². The van der Waals surface area contributed by atoms with Crippen LogP contribution in [0.4, 0.5) is 10.2 Å². The van der Waals surface area contributed by atoms with Crippen LogP contribution in [-0.4, -0.2) is 51.3 Å². The van der Waals surface area contributed by atoms with E-state index in [9.17, 15) is 14.9 Å². The average Bonchev–Trinajstić information content (AvgIpc) is 3.72. The van der Waals surface area contributed by atoms with Gasteiger partial charge in [0.2, 0.25) is 5.91 Å². The number of hydrogen-bond donors (Lipinski definition) is 3. The monoisotopic (exact) mass is 542 g/mol.